The number of amides is 3. The molecule has 3 aromatic rings. The highest BCUT2D eigenvalue weighted by Crippen LogP contribution is 2.40. The number of piperidine rings is 1. The Bertz CT molecular complexity index is 1470. The molecule has 2 aromatic carbocycles. The summed E-state index contributed by atoms with van der Waals surface area (Å²) < 4.78 is 0. The van der Waals surface area contributed by atoms with Gasteiger partial charge in [0.1, 0.15) is 0 Å². The quantitative estimate of drug-likeness (QED) is 0.374. The summed E-state index contributed by atoms with van der Waals surface area (Å²) in [6, 6.07) is 24.1. The maximum absolute atomic E-state index is 13.6. The second-order valence-electron chi connectivity index (χ2n) is 13.0. The average molecular weight is 625 g/mol. The SMILES string of the molecule is O=C(O)CN1CCN(C(=O)NC2(c3cccnc3)CCN(CCC3(c4ccccc4)CCN(C(=O)c4ccccc4)C3)CC2)CC1. The molecule has 6 rings (SSSR count). The minimum Gasteiger partial charge on any atom is -0.480 e. The number of nitrogens with zero attached hydrogens (tertiary/aromatic N) is 5. The van der Waals surface area contributed by atoms with Crippen LogP contribution in [0.3, 0.4) is 0 Å². The number of carbonyl (C=O) groups is 3. The molecule has 1 unspecified atom stereocenters. The third kappa shape index (κ3) is 7.08. The van der Waals surface area contributed by atoms with Crippen molar-refractivity contribution in [1.82, 2.24) is 29.9 Å². The normalized spacial score (nSPS) is 22.0. The van der Waals surface area contributed by atoms with Crippen molar-refractivity contribution in [2.24, 2.45) is 0 Å². The van der Waals surface area contributed by atoms with Gasteiger partial charge in [0.2, 0.25) is 0 Å². The molecule has 10 nitrogen and oxygen atoms in total. The number of urea groups is 1. The lowest BCUT2D eigenvalue weighted by Gasteiger charge is -2.45. The number of likely N-dealkylation sites (tertiary alicyclic amines) is 2. The number of hydrogen-bond acceptors (Lipinski definition) is 6. The van der Waals surface area contributed by atoms with Gasteiger partial charge in [0.25, 0.3) is 5.91 Å². The highest BCUT2D eigenvalue weighted by molar-refractivity contribution is 5.94. The molecular weight excluding hydrogens is 580 g/mol. The standard InChI is InChI=1S/C36H44N6O4/c43-32(44)27-40-22-24-41(25-23-40)34(46)38-36(31-12-7-17-37-26-31)15-19-39(20-16-36)18-13-35(30-10-5-2-6-11-30)14-21-42(28-35)33(45)29-8-3-1-4-9-29/h1-12,17,26H,13-16,18-25,27-28H2,(H,38,46)(H,43,44). The van der Waals surface area contributed by atoms with E-state index in [4.69, 9.17) is 5.11 Å². The minimum absolute atomic E-state index is 0.00214. The van der Waals surface area contributed by atoms with E-state index in [9.17, 15) is 14.4 Å². The van der Waals surface area contributed by atoms with Gasteiger partial charge in [-0.15, -0.1) is 0 Å². The van der Waals surface area contributed by atoms with Crippen LogP contribution in [0.4, 0.5) is 4.79 Å². The zero-order chi connectivity index (χ0) is 32.0. The van der Waals surface area contributed by atoms with E-state index in [2.05, 4.69) is 45.5 Å². The second-order valence-corrected chi connectivity index (χ2v) is 13.0. The van der Waals surface area contributed by atoms with E-state index in [1.165, 1.54) is 5.56 Å². The van der Waals surface area contributed by atoms with Gasteiger partial charge in [-0.25, -0.2) is 4.79 Å². The van der Waals surface area contributed by atoms with E-state index in [0.717, 1.165) is 63.0 Å². The van der Waals surface area contributed by atoms with Crippen LogP contribution in [0.2, 0.25) is 0 Å². The van der Waals surface area contributed by atoms with Crippen molar-refractivity contribution in [3.8, 4) is 0 Å². The van der Waals surface area contributed by atoms with Crippen molar-refractivity contribution in [1.29, 1.82) is 0 Å². The molecule has 4 heterocycles. The summed E-state index contributed by atoms with van der Waals surface area (Å²) >= 11 is 0. The van der Waals surface area contributed by atoms with Gasteiger partial charge < -0.3 is 25.1 Å². The van der Waals surface area contributed by atoms with Crippen LogP contribution in [-0.2, 0) is 15.7 Å². The first-order valence-electron chi connectivity index (χ1n) is 16.4. The number of hydrogen-bond donors (Lipinski definition) is 2. The number of nitrogens with one attached hydrogen (secondary N) is 1. The molecule has 0 radical (unpaired) electrons. The monoisotopic (exact) mass is 624 g/mol. The number of carbonyl (C=O) groups excluding carboxylic acids is 2. The molecule has 3 saturated heterocycles. The van der Waals surface area contributed by atoms with E-state index < -0.39 is 11.5 Å². The molecule has 0 bridgehead atoms. The van der Waals surface area contributed by atoms with Crippen LogP contribution in [-0.4, -0.2) is 113 Å². The van der Waals surface area contributed by atoms with Gasteiger partial charge in [-0.3, -0.25) is 19.5 Å². The number of benzene rings is 2. The minimum atomic E-state index is -0.846. The van der Waals surface area contributed by atoms with E-state index in [0.29, 0.717) is 32.7 Å². The van der Waals surface area contributed by atoms with Crippen LogP contribution in [0, 0.1) is 0 Å². The molecule has 10 heteroatoms. The van der Waals surface area contributed by atoms with Gasteiger partial charge in [0, 0.05) is 75.7 Å². The largest absolute Gasteiger partial charge is 0.480 e. The van der Waals surface area contributed by atoms with Gasteiger partial charge in [-0.05, 0) is 61.6 Å². The van der Waals surface area contributed by atoms with Gasteiger partial charge in [-0.2, -0.15) is 0 Å². The summed E-state index contributed by atoms with van der Waals surface area (Å²) in [7, 11) is 0. The van der Waals surface area contributed by atoms with Gasteiger partial charge in [0.15, 0.2) is 0 Å². The highest BCUT2D eigenvalue weighted by atomic mass is 16.4. The number of carboxylic acids is 1. The Kier molecular flexibility index (Phi) is 9.65. The smallest absolute Gasteiger partial charge is 0.318 e. The average Bonchev–Trinajstić information content (AvgIpc) is 3.54. The number of rotatable bonds is 9. The van der Waals surface area contributed by atoms with E-state index in [1.807, 2.05) is 58.5 Å². The Hall–Kier alpha value is -4.28. The first-order chi connectivity index (χ1) is 22.4. The fraction of sp³-hybridized carbons (Fsp3) is 0.444. The van der Waals surface area contributed by atoms with Crippen molar-refractivity contribution in [3.63, 3.8) is 0 Å². The van der Waals surface area contributed by atoms with E-state index in [1.54, 1.807) is 11.1 Å². The number of aromatic nitrogens is 1. The molecule has 1 atom stereocenters. The van der Waals surface area contributed by atoms with Crippen LogP contribution in [0.25, 0.3) is 0 Å². The Morgan fingerprint density at radius 1 is 0.739 bits per heavy atom. The van der Waals surface area contributed by atoms with Crippen LogP contribution in [0.15, 0.2) is 85.2 Å². The van der Waals surface area contributed by atoms with Crippen LogP contribution in [0.1, 0.15) is 47.2 Å². The van der Waals surface area contributed by atoms with Crippen LogP contribution < -0.4 is 5.32 Å². The maximum Gasteiger partial charge on any atom is 0.318 e. The number of pyridine rings is 1. The summed E-state index contributed by atoms with van der Waals surface area (Å²) in [6.07, 6.45) is 7.02. The van der Waals surface area contributed by atoms with Crippen molar-refractivity contribution in [3.05, 3.63) is 102 Å². The molecule has 46 heavy (non-hydrogen) atoms. The highest BCUT2D eigenvalue weighted by Gasteiger charge is 2.43. The predicted octanol–water partition coefficient (Wildman–Crippen LogP) is 3.66. The lowest BCUT2D eigenvalue weighted by molar-refractivity contribution is -0.138. The van der Waals surface area contributed by atoms with E-state index >= 15 is 0 Å². The lowest BCUT2D eigenvalue weighted by Crippen LogP contribution is -2.59. The van der Waals surface area contributed by atoms with Gasteiger partial charge in [0.05, 0.1) is 12.1 Å². The topological polar surface area (TPSA) is 109 Å². The number of aliphatic carboxylic acids is 1. The molecule has 3 fully saturated rings. The Morgan fingerprint density at radius 2 is 1.41 bits per heavy atom. The van der Waals surface area contributed by atoms with Crippen molar-refractivity contribution in [2.45, 2.75) is 36.6 Å². The zero-order valence-corrected chi connectivity index (χ0v) is 26.4. The van der Waals surface area contributed by atoms with Gasteiger partial charge >= 0.3 is 12.0 Å². The Balaban J connectivity index is 1.11. The molecule has 1 aromatic heterocycles. The van der Waals surface area contributed by atoms with Crippen LogP contribution in [0.5, 0.6) is 0 Å². The Morgan fingerprint density at radius 3 is 2.07 bits per heavy atom. The number of piperazine rings is 1. The zero-order valence-electron chi connectivity index (χ0n) is 26.4. The first-order valence-corrected chi connectivity index (χ1v) is 16.4. The summed E-state index contributed by atoms with van der Waals surface area (Å²) in [6.45, 7) is 6.10. The lowest BCUT2D eigenvalue weighted by atomic mass is 9.76. The summed E-state index contributed by atoms with van der Waals surface area (Å²) in [4.78, 5) is 50.6. The molecule has 3 amide bonds. The van der Waals surface area contributed by atoms with Crippen molar-refractivity contribution < 1.29 is 19.5 Å². The molecule has 3 aliphatic rings. The maximum atomic E-state index is 13.6. The molecule has 0 aliphatic carbocycles. The first kappa shape index (κ1) is 31.7. The molecule has 2 N–H and O–H groups in total. The fourth-order valence-corrected chi connectivity index (χ4v) is 7.43. The number of carboxylic acid groups (broad SMARTS) is 1. The molecule has 0 saturated carbocycles. The second kappa shape index (κ2) is 14.0. The Labute approximate surface area is 271 Å². The molecule has 0 spiro atoms. The molecular formula is C36H44N6O4. The molecule has 242 valence electrons. The van der Waals surface area contributed by atoms with Crippen molar-refractivity contribution in [2.75, 3.05) is 65.4 Å². The van der Waals surface area contributed by atoms with Gasteiger partial charge in [-0.1, -0.05) is 54.6 Å². The van der Waals surface area contributed by atoms with Crippen molar-refractivity contribution >= 4 is 17.9 Å². The van der Waals surface area contributed by atoms with E-state index in [-0.39, 0.29) is 23.9 Å². The third-order valence-corrected chi connectivity index (χ3v) is 10.2. The van der Waals surface area contributed by atoms with Crippen LogP contribution >= 0.6 is 0 Å². The predicted molar refractivity (Wildman–Crippen MR) is 175 cm³/mol. The molecule has 3 aliphatic heterocycles. The third-order valence-electron chi connectivity index (χ3n) is 10.2. The fourth-order valence-electron chi connectivity index (χ4n) is 7.43. The summed E-state index contributed by atoms with van der Waals surface area (Å²) in [5.41, 5.74) is 2.40. The summed E-state index contributed by atoms with van der Waals surface area (Å²) in [5, 5.41) is 12.5. The summed E-state index contributed by atoms with van der Waals surface area (Å²) in [5.74, 6) is -0.752.